The third-order valence-electron chi connectivity index (χ3n) is 4.26. The molecule has 1 aliphatic heterocycles. The Balaban J connectivity index is 1.53. The number of carbonyl (C=O) groups is 1. The van der Waals surface area contributed by atoms with Crippen LogP contribution in [0.3, 0.4) is 0 Å². The molecule has 26 heavy (non-hydrogen) atoms. The Morgan fingerprint density at radius 3 is 2.81 bits per heavy atom. The van der Waals surface area contributed by atoms with E-state index in [0.29, 0.717) is 31.9 Å². The summed E-state index contributed by atoms with van der Waals surface area (Å²) in [6.07, 6.45) is 1.22. The molecule has 2 aromatic heterocycles. The second-order valence-electron chi connectivity index (χ2n) is 6.05. The zero-order valence-electron chi connectivity index (χ0n) is 15.0. The standard InChI is InChI=1S/C16H22N8OS/c1-3-13-19-16(26-21-13)23-9-7-22(8-10-23)15(25)18-14-11-12(2)24(20-14)6-4-5-17/h11H,3-4,6-10H2,1-2H3,(H,18,20,25). The van der Waals surface area contributed by atoms with Gasteiger partial charge in [0.15, 0.2) is 5.82 Å². The Kier molecular flexibility index (Phi) is 5.68. The number of nitrogens with zero attached hydrogens (tertiary/aromatic N) is 7. The van der Waals surface area contributed by atoms with Gasteiger partial charge in [0.05, 0.1) is 19.0 Å². The molecule has 0 radical (unpaired) electrons. The molecule has 2 amide bonds. The van der Waals surface area contributed by atoms with E-state index >= 15 is 0 Å². The molecule has 138 valence electrons. The van der Waals surface area contributed by atoms with Crippen LogP contribution in [-0.4, -0.2) is 56.2 Å². The van der Waals surface area contributed by atoms with Crippen LogP contribution in [0, 0.1) is 18.3 Å². The van der Waals surface area contributed by atoms with Gasteiger partial charge in [0.25, 0.3) is 0 Å². The lowest BCUT2D eigenvalue weighted by Crippen LogP contribution is -2.50. The van der Waals surface area contributed by atoms with E-state index in [1.807, 2.05) is 19.9 Å². The molecule has 0 spiro atoms. The van der Waals surface area contributed by atoms with Crippen molar-refractivity contribution >= 4 is 28.5 Å². The van der Waals surface area contributed by atoms with Crippen LogP contribution >= 0.6 is 11.5 Å². The van der Waals surface area contributed by atoms with Crippen LogP contribution in [0.5, 0.6) is 0 Å². The van der Waals surface area contributed by atoms with Gasteiger partial charge in [0, 0.05) is 55.9 Å². The van der Waals surface area contributed by atoms with E-state index in [0.717, 1.165) is 36.2 Å². The highest BCUT2D eigenvalue weighted by Crippen LogP contribution is 2.19. The molecule has 0 saturated carbocycles. The van der Waals surface area contributed by atoms with Gasteiger partial charge in [-0.3, -0.25) is 10.00 Å². The Morgan fingerprint density at radius 1 is 1.38 bits per heavy atom. The van der Waals surface area contributed by atoms with Crippen LogP contribution in [0.25, 0.3) is 0 Å². The third kappa shape index (κ3) is 4.11. The van der Waals surface area contributed by atoms with Crippen LogP contribution in [-0.2, 0) is 13.0 Å². The fraction of sp³-hybridized carbons (Fsp3) is 0.562. The van der Waals surface area contributed by atoms with Crippen molar-refractivity contribution in [1.29, 1.82) is 5.26 Å². The molecule has 0 bridgehead atoms. The summed E-state index contributed by atoms with van der Waals surface area (Å²) in [6, 6.07) is 3.76. The smallest absolute Gasteiger partial charge is 0.323 e. The number of hydrogen-bond acceptors (Lipinski definition) is 7. The summed E-state index contributed by atoms with van der Waals surface area (Å²) in [6.45, 7) is 7.20. The molecule has 10 heteroatoms. The third-order valence-corrected chi connectivity index (χ3v) is 5.08. The maximum Gasteiger partial charge on any atom is 0.323 e. The van der Waals surface area contributed by atoms with E-state index in [9.17, 15) is 4.79 Å². The van der Waals surface area contributed by atoms with Gasteiger partial charge in [-0.05, 0) is 6.92 Å². The van der Waals surface area contributed by atoms with Crippen LogP contribution in [0.2, 0.25) is 0 Å². The van der Waals surface area contributed by atoms with Crippen molar-refractivity contribution < 1.29 is 4.79 Å². The van der Waals surface area contributed by atoms with E-state index in [-0.39, 0.29) is 6.03 Å². The molecule has 1 fully saturated rings. The highest BCUT2D eigenvalue weighted by Gasteiger charge is 2.23. The molecule has 1 N–H and O–H groups in total. The highest BCUT2D eigenvalue weighted by molar-refractivity contribution is 7.09. The predicted molar refractivity (Wildman–Crippen MR) is 99.3 cm³/mol. The first-order valence-electron chi connectivity index (χ1n) is 8.65. The second-order valence-corrected chi connectivity index (χ2v) is 6.78. The number of rotatable bonds is 5. The monoisotopic (exact) mass is 374 g/mol. The lowest BCUT2D eigenvalue weighted by atomic mass is 10.3. The number of hydrogen-bond donors (Lipinski definition) is 1. The minimum atomic E-state index is -0.152. The van der Waals surface area contributed by atoms with Gasteiger partial charge in [-0.25, -0.2) is 9.78 Å². The Bertz CT molecular complexity index is 800. The number of carbonyl (C=O) groups excluding carboxylic acids is 1. The van der Waals surface area contributed by atoms with Gasteiger partial charge in [-0.2, -0.15) is 14.7 Å². The first-order chi connectivity index (χ1) is 12.6. The Labute approximate surface area is 156 Å². The van der Waals surface area contributed by atoms with Crippen molar-refractivity contribution in [3.8, 4) is 6.07 Å². The lowest BCUT2D eigenvalue weighted by molar-refractivity contribution is 0.208. The Hall–Kier alpha value is -2.67. The van der Waals surface area contributed by atoms with Gasteiger partial charge < -0.3 is 9.80 Å². The molecule has 0 aromatic carbocycles. The van der Waals surface area contributed by atoms with Gasteiger partial charge in [-0.1, -0.05) is 6.92 Å². The number of piperazine rings is 1. The van der Waals surface area contributed by atoms with E-state index < -0.39 is 0 Å². The van der Waals surface area contributed by atoms with Gasteiger partial charge >= 0.3 is 6.03 Å². The van der Waals surface area contributed by atoms with Crippen LogP contribution in [0.1, 0.15) is 24.9 Å². The second kappa shape index (κ2) is 8.14. The lowest BCUT2D eigenvalue weighted by Gasteiger charge is -2.34. The molecule has 1 aliphatic rings. The molecule has 1 saturated heterocycles. The summed E-state index contributed by atoms with van der Waals surface area (Å²) in [7, 11) is 0. The summed E-state index contributed by atoms with van der Waals surface area (Å²) >= 11 is 1.41. The fourth-order valence-electron chi connectivity index (χ4n) is 2.76. The number of aryl methyl sites for hydroxylation is 3. The molecular formula is C16H22N8OS. The summed E-state index contributed by atoms with van der Waals surface area (Å²) in [5.74, 6) is 1.39. The molecule has 3 rings (SSSR count). The quantitative estimate of drug-likeness (QED) is 0.857. The van der Waals surface area contributed by atoms with Crippen LogP contribution < -0.4 is 10.2 Å². The maximum atomic E-state index is 12.5. The number of urea groups is 1. The summed E-state index contributed by atoms with van der Waals surface area (Å²) in [5.41, 5.74) is 0.920. The van der Waals surface area contributed by atoms with E-state index in [4.69, 9.17) is 5.26 Å². The summed E-state index contributed by atoms with van der Waals surface area (Å²) in [5, 5.41) is 16.8. The predicted octanol–water partition coefficient (Wildman–Crippen LogP) is 1.87. The minimum Gasteiger partial charge on any atom is -0.343 e. The van der Waals surface area contributed by atoms with Crippen molar-refractivity contribution in [3.63, 3.8) is 0 Å². The summed E-state index contributed by atoms with van der Waals surface area (Å²) < 4.78 is 6.05. The number of nitrogens with one attached hydrogen (secondary N) is 1. The largest absolute Gasteiger partial charge is 0.343 e. The van der Waals surface area contributed by atoms with E-state index in [1.165, 1.54) is 11.5 Å². The van der Waals surface area contributed by atoms with Crippen molar-refractivity contribution in [2.24, 2.45) is 0 Å². The summed E-state index contributed by atoms with van der Waals surface area (Å²) in [4.78, 5) is 20.9. The molecule has 3 heterocycles. The Morgan fingerprint density at radius 2 is 2.15 bits per heavy atom. The topological polar surface area (TPSA) is 103 Å². The average molecular weight is 374 g/mol. The number of aromatic nitrogens is 4. The molecular weight excluding hydrogens is 352 g/mol. The normalized spacial score (nSPS) is 14.3. The van der Waals surface area contributed by atoms with E-state index in [1.54, 1.807) is 9.58 Å². The molecule has 2 aromatic rings. The van der Waals surface area contributed by atoms with Crippen LogP contribution in [0.15, 0.2) is 6.07 Å². The van der Waals surface area contributed by atoms with Gasteiger partial charge in [-0.15, -0.1) is 0 Å². The molecule has 0 unspecified atom stereocenters. The highest BCUT2D eigenvalue weighted by atomic mass is 32.1. The molecule has 9 nitrogen and oxygen atoms in total. The van der Waals surface area contributed by atoms with Crippen molar-refractivity contribution in [2.45, 2.75) is 33.2 Å². The SMILES string of the molecule is CCc1nsc(N2CCN(C(=O)Nc3cc(C)n(CCC#N)n3)CC2)n1. The zero-order valence-corrected chi connectivity index (χ0v) is 15.8. The maximum absolute atomic E-state index is 12.5. The number of anilines is 2. The molecule has 0 aliphatic carbocycles. The van der Waals surface area contributed by atoms with Crippen molar-refractivity contribution in [3.05, 3.63) is 17.6 Å². The number of nitriles is 1. The minimum absolute atomic E-state index is 0.152. The van der Waals surface area contributed by atoms with Gasteiger partial charge in [0.1, 0.15) is 5.82 Å². The molecule has 0 atom stereocenters. The first-order valence-corrected chi connectivity index (χ1v) is 9.43. The van der Waals surface area contributed by atoms with Crippen molar-refractivity contribution in [1.82, 2.24) is 24.0 Å². The first kappa shape index (κ1) is 18.1. The fourth-order valence-corrected chi connectivity index (χ4v) is 3.56. The zero-order chi connectivity index (χ0) is 18.5. The average Bonchev–Trinajstić information content (AvgIpc) is 3.26. The van der Waals surface area contributed by atoms with E-state index in [2.05, 4.69) is 30.7 Å². The van der Waals surface area contributed by atoms with Crippen LogP contribution in [0.4, 0.5) is 15.7 Å². The van der Waals surface area contributed by atoms with Gasteiger partial charge in [0.2, 0.25) is 5.13 Å². The van der Waals surface area contributed by atoms with Crippen molar-refractivity contribution in [2.75, 3.05) is 36.4 Å². The number of amides is 2.